The lowest BCUT2D eigenvalue weighted by Gasteiger charge is -2.52. The first-order valence-corrected chi connectivity index (χ1v) is 6.22. The maximum atomic E-state index is 14.1. The van der Waals surface area contributed by atoms with Crippen LogP contribution in [0.4, 0.5) is 13.6 Å². The molecule has 0 aliphatic carbocycles. The van der Waals surface area contributed by atoms with E-state index in [9.17, 15) is 13.6 Å². The number of piperidine rings is 1. The number of carbonyl (C=O) groups is 1. The lowest BCUT2D eigenvalue weighted by Crippen LogP contribution is -2.69. The minimum absolute atomic E-state index is 0.326. The van der Waals surface area contributed by atoms with E-state index in [2.05, 4.69) is 5.32 Å². The summed E-state index contributed by atoms with van der Waals surface area (Å²) in [6.07, 6.45) is -0.323. The average molecular weight is 262 g/mol. The Morgan fingerprint density at radius 3 is 2.33 bits per heavy atom. The van der Waals surface area contributed by atoms with Crippen LogP contribution in [0.2, 0.25) is 0 Å². The monoisotopic (exact) mass is 262 g/mol. The molecule has 4 nitrogen and oxygen atoms in total. The number of rotatable bonds is 0. The van der Waals surface area contributed by atoms with Gasteiger partial charge in [-0.2, -0.15) is 0 Å². The minimum Gasteiger partial charge on any atom is -0.444 e. The number of nitrogens with one attached hydrogen (secondary N) is 1. The van der Waals surface area contributed by atoms with E-state index in [1.165, 1.54) is 0 Å². The van der Waals surface area contributed by atoms with E-state index in [0.29, 0.717) is 26.1 Å². The number of likely N-dealkylation sites (tertiary alicyclic amines) is 1. The van der Waals surface area contributed by atoms with Crippen LogP contribution in [0.1, 0.15) is 27.2 Å². The minimum atomic E-state index is -2.84. The Balaban J connectivity index is 2.00. The Morgan fingerprint density at radius 2 is 1.94 bits per heavy atom. The summed E-state index contributed by atoms with van der Waals surface area (Å²) in [6.45, 7) is 5.65. The fraction of sp³-hybridized carbons (Fsp3) is 0.917. The summed E-state index contributed by atoms with van der Waals surface area (Å²) in [5, 5.41) is 2.89. The highest BCUT2D eigenvalue weighted by Crippen LogP contribution is 2.46. The van der Waals surface area contributed by atoms with Crippen LogP contribution in [0.15, 0.2) is 0 Å². The normalized spacial score (nSPS) is 25.7. The third-order valence-corrected chi connectivity index (χ3v) is 3.60. The van der Waals surface area contributed by atoms with Gasteiger partial charge in [-0.1, -0.05) is 0 Å². The van der Waals surface area contributed by atoms with Crippen molar-refractivity contribution in [3.8, 4) is 0 Å². The predicted molar refractivity (Wildman–Crippen MR) is 62.7 cm³/mol. The largest absolute Gasteiger partial charge is 0.444 e. The second kappa shape index (κ2) is 4.05. The second-order valence-electron chi connectivity index (χ2n) is 6.24. The molecule has 1 N–H and O–H groups in total. The second-order valence-corrected chi connectivity index (χ2v) is 6.24. The Hall–Kier alpha value is -0.910. The standard InChI is InChI=1S/C12H20F2N2O2/c1-10(2,3)18-9(17)16-5-4-11(6-15-7-11)12(13,14)8-16/h15H,4-8H2,1-3H3. The van der Waals surface area contributed by atoms with Crippen LogP contribution in [0.3, 0.4) is 0 Å². The third-order valence-electron chi connectivity index (χ3n) is 3.60. The van der Waals surface area contributed by atoms with Crippen LogP contribution in [-0.2, 0) is 4.74 Å². The van der Waals surface area contributed by atoms with E-state index in [1.54, 1.807) is 20.8 Å². The number of amides is 1. The van der Waals surface area contributed by atoms with Gasteiger partial charge >= 0.3 is 6.09 Å². The molecule has 2 fully saturated rings. The van der Waals surface area contributed by atoms with Gasteiger partial charge in [-0.25, -0.2) is 13.6 Å². The van der Waals surface area contributed by atoms with Crippen LogP contribution in [0.5, 0.6) is 0 Å². The quantitative estimate of drug-likeness (QED) is 0.724. The molecule has 1 amide bonds. The smallest absolute Gasteiger partial charge is 0.410 e. The van der Waals surface area contributed by atoms with Crippen LogP contribution in [0.25, 0.3) is 0 Å². The molecule has 0 aromatic rings. The van der Waals surface area contributed by atoms with Gasteiger partial charge in [0.25, 0.3) is 5.92 Å². The zero-order chi connectivity index (χ0) is 13.6. The summed E-state index contributed by atoms with van der Waals surface area (Å²) >= 11 is 0. The molecule has 0 bridgehead atoms. The average Bonchev–Trinajstić information content (AvgIpc) is 2.10. The molecule has 0 radical (unpaired) electrons. The van der Waals surface area contributed by atoms with Gasteiger partial charge in [-0.05, 0) is 27.2 Å². The maximum Gasteiger partial charge on any atom is 0.410 e. The van der Waals surface area contributed by atoms with E-state index in [-0.39, 0.29) is 0 Å². The molecule has 6 heteroatoms. The molecule has 0 unspecified atom stereocenters. The summed E-state index contributed by atoms with van der Waals surface area (Å²) in [6, 6.07) is 0. The lowest BCUT2D eigenvalue weighted by molar-refractivity contribution is -0.185. The number of alkyl halides is 2. The maximum absolute atomic E-state index is 14.1. The van der Waals surface area contributed by atoms with Crippen molar-refractivity contribution in [2.24, 2.45) is 5.41 Å². The Labute approximate surface area is 106 Å². The van der Waals surface area contributed by atoms with Gasteiger partial charge in [0.15, 0.2) is 0 Å². The van der Waals surface area contributed by atoms with Crippen molar-refractivity contribution in [1.82, 2.24) is 10.2 Å². The molecule has 104 valence electrons. The molecule has 2 heterocycles. The molecule has 0 saturated carbocycles. The Morgan fingerprint density at radius 1 is 1.33 bits per heavy atom. The van der Waals surface area contributed by atoms with Crippen molar-refractivity contribution in [3.63, 3.8) is 0 Å². The van der Waals surface area contributed by atoms with Crippen LogP contribution >= 0.6 is 0 Å². The van der Waals surface area contributed by atoms with E-state index in [4.69, 9.17) is 4.74 Å². The number of hydrogen-bond donors (Lipinski definition) is 1. The molecule has 2 aliphatic heterocycles. The van der Waals surface area contributed by atoms with Crippen molar-refractivity contribution in [1.29, 1.82) is 0 Å². The van der Waals surface area contributed by atoms with Crippen molar-refractivity contribution < 1.29 is 18.3 Å². The molecule has 0 aromatic carbocycles. The van der Waals surface area contributed by atoms with Crippen molar-refractivity contribution in [2.45, 2.75) is 38.7 Å². The number of ether oxygens (including phenoxy) is 1. The van der Waals surface area contributed by atoms with Gasteiger partial charge in [0, 0.05) is 19.6 Å². The van der Waals surface area contributed by atoms with Crippen LogP contribution in [-0.4, -0.2) is 48.7 Å². The molecule has 2 aliphatic rings. The molecule has 2 saturated heterocycles. The molecular weight excluding hydrogens is 242 g/mol. The predicted octanol–water partition coefficient (Wildman–Crippen LogP) is 1.85. The number of hydrogen-bond acceptors (Lipinski definition) is 3. The summed E-state index contributed by atoms with van der Waals surface area (Å²) in [5.74, 6) is -2.84. The fourth-order valence-electron chi connectivity index (χ4n) is 2.36. The van der Waals surface area contributed by atoms with Gasteiger partial charge in [0.1, 0.15) is 5.60 Å². The number of carbonyl (C=O) groups excluding carboxylic acids is 1. The number of halogens is 2. The topological polar surface area (TPSA) is 41.6 Å². The first kappa shape index (κ1) is 13.5. The zero-order valence-electron chi connectivity index (χ0n) is 11.1. The van der Waals surface area contributed by atoms with Crippen LogP contribution < -0.4 is 5.32 Å². The highest BCUT2D eigenvalue weighted by molar-refractivity contribution is 5.68. The van der Waals surface area contributed by atoms with Gasteiger partial charge in [0.2, 0.25) is 0 Å². The van der Waals surface area contributed by atoms with E-state index in [0.717, 1.165) is 4.90 Å². The molecule has 2 rings (SSSR count). The van der Waals surface area contributed by atoms with Gasteiger partial charge in [-0.3, -0.25) is 0 Å². The summed E-state index contributed by atoms with van der Waals surface area (Å²) in [7, 11) is 0. The highest BCUT2D eigenvalue weighted by atomic mass is 19.3. The van der Waals surface area contributed by atoms with Crippen molar-refractivity contribution in [2.75, 3.05) is 26.2 Å². The fourth-order valence-corrected chi connectivity index (χ4v) is 2.36. The molecule has 0 aromatic heterocycles. The zero-order valence-corrected chi connectivity index (χ0v) is 11.1. The first-order valence-electron chi connectivity index (χ1n) is 6.22. The molecular formula is C12H20F2N2O2. The molecule has 0 atom stereocenters. The van der Waals surface area contributed by atoms with Crippen molar-refractivity contribution in [3.05, 3.63) is 0 Å². The molecule has 1 spiro atoms. The van der Waals surface area contributed by atoms with Crippen molar-refractivity contribution >= 4 is 6.09 Å². The summed E-state index contributed by atoms with van der Waals surface area (Å²) < 4.78 is 33.2. The first-order chi connectivity index (χ1) is 8.15. The third kappa shape index (κ3) is 2.30. The Bertz CT molecular complexity index is 348. The summed E-state index contributed by atoms with van der Waals surface area (Å²) in [4.78, 5) is 12.9. The molecule has 18 heavy (non-hydrogen) atoms. The SMILES string of the molecule is CC(C)(C)OC(=O)N1CCC2(CNC2)C(F)(F)C1. The van der Waals surface area contributed by atoms with Crippen LogP contribution in [0, 0.1) is 5.41 Å². The Kier molecular flexibility index (Phi) is 3.04. The summed E-state index contributed by atoms with van der Waals surface area (Å²) in [5.41, 5.74) is -1.61. The van der Waals surface area contributed by atoms with E-state index >= 15 is 0 Å². The van der Waals surface area contributed by atoms with Gasteiger partial charge < -0.3 is 15.0 Å². The number of nitrogens with zero attached hydrogens (tertiary/aromatic N) is 1. The van der Waals surface area contributed by atoms with Gasteiger partial charge in [0.05, 0.1) is 12.0 Å². The van der Waals surface area contributed by atoms with E-state index < -0.39 is 29.6 Å². The highest BCUT2D eigenvalue weighted by Gasteiger charge is 2.60. The van der Waals surface area contributed by atoms with E-state index in [1.807, 2.05) is 0 Å². The van der Waals surface area contributed by atoms with Gasteiger partial charge in [-0.15, -0.1) is 0 Å². The lowest BCUT2D eigenvalue weighted by atomic mass is 9.70.